The minimum absolute atomic E-state index is 0.0535. The van der Waals surface area contributed by atoms with Crippen molar-refractivity contribution in [3.05, 3.63) is 64.0 Å². The number of sulfonamides is 1. The zero-order valence-electron chi connectivity index (χ0n) is 21.8. The van der Waals surface area contributed by atoms with Gasteiger partial charge in [0.05, 0.1) is 27.0 Å². The zero-order valence-corrected chi connectivity index (χ0v) is 24.1. The lowest BCUT2D eigenvalue weighted by molar-refractivity contribution is 0.0391. The quantitative estimate of drug-likeness (QED) is 0.315. The predicted molar refractivity (Wildman–Crippen MR) is 153 cm³/mol. The van der Waals surface area contributed by atoms with Crippen LogP contribution in [0.1, 0.15) is 31.2 Å². The minimum atomic E-state index is -3.10. The number of anilines is 1. The summed E-state index contributed by atoms with van der Waals surface area (Å²) in [7, 11) is -3.10. The predicted octanol–water partition coefficient (Wildman–Crippen LogP) is 5.25. The molecule has 204 valence electrons. The van der Waals surface area contributed by atoms with Crippen LogP contribution in [0.5, 0.6) is 5.75 Å². The van der Waals surface area contributed by atoms with Gasteiger partial charge in [0.25, 0.3) is 0 Å². The maximum atomic E-state index is 12.1. The standard InChI is InChI=1S/C27H28Cl2N6O3S/c1-4-39(36,37)35-14-27(15-35)12-34(13-27)23-8-5-18(10-31-23)26-20-9-19(6-7-22(20)32-33-26)38-17(3)24-21(28)11-30-16(2)25(24)29/h5-11,17H,4,12-15H2,1-3H3,(H,32,33). The Kier molecular flexibility index (Phi) is 6.49. The molecule has 2 saturated heterocycles. The normalized spacial score (nSPS) is 17.7. The highest BCUT2D eigenvalue weighted by Gasteiger charge is 2.55. The topological polar surface area (TPSA) is 104 Å². The number of aromatic amines is 1. The minimum Gasteiger partial charge on any atom is -0.486 e. The van der Waals surface area contributed by atoms with Crippen LogP contribution < -0.4 is 9.64 Å². The molecule has 1 N–H and O–H groups in total. The van der Waals surface area contributed by atoms with Crippen LogP contribution in [0.2, 0.25) is 10.0 Å². The molecule has 2 aliphatic heterocycles. The maximum absolute atomic E-state index is 12.1. The van der Waals surface area contributed by atoms with Gasteiger partial charge in [-0.15, -0.1) is 0 Å². The SMILES string of the molecule is CCS(=O)(=O)N1CC2(CN(c3ccc(-c4n[nH]c5ccc(OC(C)c6c(Cl)cnc(C)c6Cl)cc45)cn3)C2)C1. The van der Waals surface area contributed by atoms with Crippen LogP contribution in [0.15, 0.2) is 42.7 Å². The van der Waals surface area contributed by atoms with Crippen molar-refractivity contribution in [2.75, 3.05) is 36.8 Å². The Bertz CT molecular complexity index is 1660. The Morgan fingerprint density at radius 1 is 1.10 bits per heavy atom. The van der Waals surface area contributed by atoms with Crippen LogP contribution in [-0.4, -0.2) is 64.8 Å². The average Bonchev–Trinajstić information content (AvgIpc) is 3.28. The number of nitrogens with zero attached hydrogens (tertiary/aromatic N) is 5. The van der Waals surface area contributed by atoms with E-state index in [1.807, 2.05) is 50.4 Å². The molecular weight excluding hydrogens is 559 g/mol. The molecule has 0 bridgehead atoms. The van der Waals surface area contributed by atoms with Gasteiger partial charge in [-0.2, -0.15) is 5.10 Å². The number of hydrogen-bond donors (Lipinski definition) is 1. The van der Waals surface area contributed by atoms with Crippen molar-refractivity contribution in [1.29, 1.82) is 0 Å². The van der Waals surface area contributed by atoms with Crippen molar-refractivity contribution < 1.29 is 13.2 Å². The summed E-state index contributed by atoms with van der Waals surface area (Å²) < 4.78 is 31.9. The molecule has 3 aromatic heterocycles. The molecule has 2 fully saturated rings. The molecule has 1 aromatic carbocycles. The number of fused-ring (bicyclic) bond motifs is 1. The van der Waals surface area contributed by atoms with E-state index in [0.29, 0.717) is 40.1 Å². The highest BCUT2D eigenvalue weighted by atomic mass is 35.5. The van der Waals surface area contributed by atoms with Gasteiger partial charge in [0.2, 0.25) is 10.0 Å². The number of aryl methyl sites for hydroxylation is 1. The second-order valence-corrected chi connectivity index (χ2v) is 13.4. The van der Waals surface area contributed by atoms with E-state index in [2.05, 4.69) is 25.1 Å². The van der Waals surface area contributed by atoms with E-state index in [4.69, 9.17) is 27.9 Å². The van der Waals surface area contributed by atoms with E-state index in [1.165, 1.54) is 0 Å². The van der Waals surface area contributed by atoms with Gasteiger partial charge < -0.3 is 9.64 Å². The highest BCUT2D eigenvalue weighted by molar-refractivity contribution is 7.89. The molecule has 39 heavy (non-hydrogen) atoms. The fourth-order valence-electron chi connectivity index (χ4n) is 5.42. The number of aromatic nitrogens is 4. The average molecular weight is 588 g/mol. The molecule has 12 heteroatoms. The van der Waals surface area contributed by atoms with Gasteiger partial charge in [0.1, 0.15) is 23.4 Å². The fourth-order valence-corrected chi connectivity index (χ4v) is 7.38. The maximum Gasteiger partial charge on any atom is 0.213 e. The molecule has 1 spiro atoms. The van der Waals surface area contributed by atoms with Crippen molar-refractivity contribution in [2.45, 2.75) is 26.9 Å². The lowest BCUT2D eigenvalue weighted by atomic mass is 9.74. The summed E-state index contributed by atoms with van der Waals surface area (Å²) >= 11 is 12.8. The third-order valence-corrected chi connectivity index (χ3v) is 10.2. The Morgan fingerprint density at radius 2 is 1.87 bits per heavy atom. The molecule has 5 heterocycles. The summed E-state index contributed by atoms with van der Waals surface area (Å²) in [5, 5.41) is 9.48. The lowest BCUT2D eigenvalue weighted by Gasteiger charge is -2.59. The molecule has 0 aliphatic carbocycles. The van der Waals surface area contributed by atoms with Crippen molar-refractivity contribution in [2.24, 2.45) is 5.41 Å². The van der Waals surface area contributed by atoms with Crippen LogP contribution in [0.4, 0.5) is 5.82 Å². The van der Waals surface area contributed by atoms with Crippen LogP contribution >= 0.6 is 23.2 Å². The van der Waals surface area contributed by atoms with Gasteiger partial charge >= 0.3 is 0 Å². The van der Waals surface area contributed by atoms with Gasteiger partial charge in [-0.25, -0.2) is 17.7 Å². The summed E-state index contributed by atoms with van der Waals surface area (Å²) in [4.78, 5) is 11.1. The number of rotatable bonds is 7. The highest BCUT2D eigenvalue weighted by Crippen LogP contribution is 2.43. The molecule has 2 aliphatic rings. The van der Waals surface area contributed by atoms with Crippen LogP contribution in [0.25, 0.3) is 22.2 Å². The van der Waals surface area contributed by atoms with E-state index in [-0.39, 0.29) is 17.3 Å². The summed E-state index contributed by atoms with van der Waals surface area (Å²) in [5.74, 6) is 1.69. The Hall–Kier alpha value is -2.92. The van der Waals surface area contributed by atoms with E-state index < -0.39 is 10.0 Å². The molecule has 0 amide bonds. The number of hydrogen-bond acceptors (Lipinski definition) is 7. The molecule has 1 unspecified atom stereocenters. The van der Waals surface area contributed by atoms with E-state index in [9.17, 15) is 8.42 Å². The van der Waals surface area contributed by atoms with Crippen LogP contribution in [0.3, 0.4) is 0 Å². The summed E-state index contributed by atoms with van der Waals surface area (Å²) in [6, 6.07) is 9.75. The van der Waals surface area contributed by atoms with Crippen molar-refractivity contribution >= 4 is 49.9 Å². The number of pyridine rings is 2. The third-order valence-electron chi connectivity index (χ3n) is 7.62. The van der Waals surface area contributed by atoms with Gasteiger partial charge in [-0.1, -0.05) is 23.2 Å². The summed E-state index contributed by atoms with van der Waals surface area (Å²) in [6.07, 6.45) is 3.02. The van der Waals surface area contributed by atoms with Gasteiger partial charge in [-0.3, -0.25) is 10.1 Å². The summed E-state index contributed by atoms with van der Waals surface area (Å²) in [6.45, 7) is 8.23. The monoisotopic (exact) mass is 586 g/mol. The number of halogens is 2. The molecule has 6 rings (SSSR count). The molecular formula is C27H28Cl2N6O3S. The Labute approximate surface area is 237 Å². The Morgan fingerprint density at radius 3 is 2.56 bits per heavy atom. The van der Waals surface area contributed by atoms with E-state index in [0.717, 1.165) is 41.1 Å². The van der Waals surface area contributed by atoms with Crippen LogP contribution in [-0.2, 0) is 10.0 Å². The van der Waals surface area contributed by atoms with Gasteiger partial charge in [0, 0.05) is 60.5 Å². The number of benzene rings is 1. The molecule has 0 saturated carbocycles. The zero-order chi connectivity index (χ0) is 27.5. The van der Waals surface area contributed by atoms with Gasteiger partial charge in [0.15, 0.2) is 0 Å². The van der Waals surface area contributed by atoms with Crippen molar-refractivity contribution in [3.8, 4) is 17.0 Å². The third kappa shape index (κ3) is 4.63. The first-order valence-corrected chi connectivity index (χ1v) is 15.1. The number of H-pyrrole nitrogens is 1. The molecule has 1 atom stereocenters. The first-order chi connectivity index (χ1) is 18.6. The molecule has 0 radical (unpaired) electrons. The largest absolute Gasteiger partial charge is 0.486 e. The fraction of sp³-hybridized carbons (Fsp3) is 0.370. The number of nitrogens with one attached hydrogen (secondary N) is 1. The smallest absolute Gasteiger partial charge is 0.213 e. The molecule has 9 nitrogen and oxygen atoms in total. The van der Waals surface area contributed by atoms with Crippen molar-refractivity contribution in [3.63, 3.8) is 0 Å². The number of ether oxygens (including phenoxy) is 1. The summed E-state index contributed by atoms with van der Waals surface area (Å²) in [5.41, 5.74) is 3.99. The van der Waals surface area contributed by atoms with E-state index in [1.54, 1.807) is 17.4 Å². The lowest BCUT2D eigenvalue weighted by Crippen LogP contribution is -2.73. The first-order valence-electron chi connectivity index (χ1n) is 12.7. The molecule has 4 aromatic rings. The van der Waals surface area contributed by atoms with Gasteiger partial charge in [-0.05, 0) is 51.1 Å². The Balaban J connectivity index is 1.17. The van der Waals surface area contributed by atoms with E-state index >= 15 is 0 Å². The first kappa shape index (κ1) is 26.3. The van der Waals surface area contributed by atoms with Crippen molar-refractivity contribution in [1.82, 2.24) is 24.5 Å². The van der Waals surface area contributed by atoms with Crippen LogP contribution in [0, 0.1) is 12.3 Å². The second kappa shape index (κ2) is 9.62. The second-order valence-electron chi connectivity index (χ2n) is 10.4.